The fourth-order valence-corrected chi connectivity index (χ4v) is 2.92. The van der Waals surface area contributed by atoms with E-state index in [1.165, 1.54) is 5.56 Å². The molecule has 0 spiro atoms. The number of aryl methyl sites for hydroxylation is 1. The third kappa shape index (κ3) is 3.48. The molecule has 0 bridgehead atoms. The quantitative estimate of drug-likeness (QED) is 0.472. The van der Waals surface area contributed by atoms with Crippen molar-refractivity contribution in [2.24, 2.45) is 5.84 Å². The second-order valence-electron chi connectivity index (χ2n) is 4.36. The molecule has 100 valence electrons. The summed E-state index contributed by atoms with van der Waals surface area (Å²) in [6.07, 6.45) is 1.01. The van der Waals surface area contributed by atoms with Gasteiger partial charge in [-0.25, -0.2) is 5.43 Å². The highest BCUT2D eigenvalue weighted by atomic mass is 127. The summed E-state index contributed by atoms with van der Waals surface area (Å²) in [7, 11) is 0. The molecular formula is C15H16ClIN2. The van der Waals surface area contributed by atoms with E-state index in [1.54, 1.807) is 0 Å². The highest BCUT2D eigenvalue weighted by Crippen LogP contribution is 2.28. The molecule has 0 aromatic heterocycles. The Balaban J connectivity index is 2.46. The van der Waals surface area contributed by atoms with Crippen molar-refractivity contribution < 1.29 is 0 Å². The lowest BCUT2D eigenvalue weighted by Gasteiger charge is -2.19. The van der Waals surface area contributed by atoms with Crippen LogP contribution in [0.2, 0.25) is 5.02 Å². The van der Waals surface area contributed by atoms with Gasteiger partial charge >= 0.3 is 0 Å². The van der Waals surface area contributed by atoms with Crippen molar-refractivity contribution in [1.29, 1.82) is 0 Å². The zero-order valence-corrected chi connectivity index (χ0v) is 13.6. The number of nitrogens with two attached hydrogens (primary N) is 1. The molecule has 4 heteroatoms. The van der Waals surface area contributed by atoms with Crippen LogP contribution in [-0.4, -0.2) is 0 Å². The molecule has 0 radical (unpaired) electrons. The number of hydrazine groups is 1. The Bertz CT molecular complexity index is 572. The van der Waals surface area contributed by atoms with E-state index in [0.717, 1.165) is 26.1 Å². The molecule has 19 heavy (non-hydrogen) atoms. The lowest BCUT2D eigenvalue weighted by atomic mass is 9.97. The van der Waals surface area contributed by atoms with E-state index in [-0.39, 0.29) is 6.04 Å². The number of hydrogen-bond acceptors (Lipinski definition) is 2. The highest BCUT2D eigenvalue weighted by molar-refractivity contribution is 14.1. The first-order valence-electron chi connectivity index (χ1n) is 6.15. The Labute approximate surface area is 132 Å². The van der Waals surface area contributed by atoms with Crippen LogP contribution >= 0.6 is 34.2 Å². The fraction of sp³-hybridized carbons (Fsp3) is 0.200. The summed E-state index contributed by atoms with van der Waals surface area (Å²) in [6, 6.07) is 14.3. The third-order valence-corrected chi connectivity index (χ3v) is 4.35. The van der Waals surface area contributed by atoms with Crippen LogP contribution in [0.25, 0.3) is 0 Å². The molecule has 1 unspecified atom stereocenters. The van der Waals surface area contributed by atoms with Gasteiger partial charge in [0, 0.05) is 8.59 Å². The maximum Gasteiger partial charge on any atom is 0.0720 e. The van der Waals surface area contributed by atoms with Gasteiger partial charge < -0.3 is 0 Å². The molecule has 0 aliphatic carbocycles. The van der Waals surface area contributed by atoms with Gasteiger partial charge in [-0.2, -0.15) is 0 Å². The van der Waals surface area contributed by atoms with E-state index in [1.807, 2.05) is 18.2 Å². The lowest BCUT2D eigenvalue weighted by molar-refractivity contribution is 0.633. The van der Waals surface area contributed by atoms with Gasteiger partial charge in [-0.05, 0) is 63.9 Å². The van der Waals surface area contributed by atoms with Crippen molar-refractivity contribution in [1.82, 2.24) is 5.43 Å². The molecular weight excluding hydrogens is 371 g/mol. The standard InChI is InChI=1S/C15H16ClIN2/c1-2-10-4-3-5-11(8-10)15(19-18)13-9-12(16)6-7-14(13)17/h3-9,15,19H,2,18H2,1H3. The Morgan fingerprint density at radius 1 is 1.26 bits per heavy atom. The number of rotatable bonds is 4. The largest absolute Gasteiger partial charge is 0.271 e. The van der Waals surface area contributed by atoms with Crippen LogP contribution in [-0.2, 0) is 6.42 Å². The molecule has 2 rings (SSSR count). The normalized spacial score (nSPS) is 12.4. The topological polar surface area (TPSA) is 38.0 Å². The van der Waals surface area contributed by atoms with E-state index in [0.29, 0.717) is 0 Å². The van der Waals surface area contributed by atoms with Gasteiger partial charge in [0.25, 0.3) is 0 Å². The van der Waals surface area contributed by atoms with E-state index >= 15 is 0 Å². The lowest BCUT2D eigenvalue weighted by Crippen LogP contribution is -2.29. The van der Waals surface area contributed by atoms with Crippen LogP contribution in [0.15, 0.2) is 42.5 Å². The van der Waals surface area contributed by atoms with Crippen molar-refractivity contribution in [3.8, 4) is 0 Å². The van der Waals surface area contributed by atoms with E-state index in [2.05, 4.69) is 59.2 Å². The van der Waals surface area contributed by atoms with E-state index in [4.69, 9.17) is 17.4 Å². The average Bonchev–Trinajstić information content (AvgIpc) is 2.44. The van der Waals surface area contributed by atoms with Gasteiger partial charge in [0.15, 0.2) is 0 Å². The minimum absolute atomic E-state index is 0.0444. The maximum absolute atomic E-state index is 6.09. The summed E-state index contributed by atoms with van der Waals surface area (Å²) in [6.45, 7) is 2.15. The van der Waals surface area contributed by atoms with Crippen molar-refractivity contribution >= 4 is 34.2 Å². The van der Waals surface area contributed by atoms with Crippen molar-refractivity contribution in [3.63, 3.8) is 0 Å². The minimum Gasteiger partial charge on any atom is -0.271 e. The molecule has 0 saturated carbocycles. The number of nitrogens with one attached hydrogen (secondary N) is 1. The molecule has 2 aromatic carbocycles. The second-order valence-corrected chi connectivity index (χ2v) is 5.96. The van der Waals surface area contributed by atoms with E-state index < -0.39 is 0 Å². The molecule has 0 fully saturated rings. The van der Waals surface area contributed by atoms with Crippen LogP contribution < -0.4 is 11.3 Å². The SMILES string of the molecule is CCc1cccc(C(NN)c2cc(Cl)ccc2I)c1. The first-order chi connectivity index (χ1) is 9.15. The zero-order valence-electron chi connectivity index (χ0n) is 10.7. The van der Waals surface area contributed by atoms with Gasteiger partial charge in [-0.15, -0.1) is 0 Å². The molecule has 0 amide bonds. The molecule has 3 N–H and O–H groups in total. The first-order valence-corrected chi connectivity index (χ1v) is 7.61. The Hall–Kier alpha value is -0.620. The van der Waals surface area contributed by atoms with Crippen molar-refractivity contribution in [2.45, 2.75) is 19.4 Å². The Morgan fingerprint density at radius 2 is 2.05 bits per heavy atom. The predicted molar refractivity (Wildman–Crippen MR) is 89.2 cm³/mol. The van der Waals surface area contributed by atoms with Crippen molar-refractivity contribution in [2.75, 3.05) is 0 Å². The molecule has 2 nitrogen and oxygen atoms in total. The zero-order chi connectivity index (χ0) is 13.8. The summed E-state index contributed by atoms with van der Waals surface area (Å²) in [5.74, 6) is 5.75. The minimum atomic E-state index is -0.0444. The van der Waals surface area contributed by atoms with Crippen LogP contribution in [0.5, 0.6) is 0 Å². The fourth-order valence-electron chi connectivity index (χ4n) is 2.09. The molecule has 0 saturated heterocycles. The van der Waals surface area contributed by atoms with Crippen molar-refractivity contribution in [3.05, 3.63) is 67.7 Å². The third-order valence-electron chi connectivity index (χ3n) is 3.13. The summed E-state index contributed by atoms with van der Waals surface area (Å²) in [5, 5.41) is 0.724. The number of halogens is 2. The average molecular weight is 387 g/mol. The van der Waals surface area contributed by atoms with E-state index in [9.17, 15) is 0 Å². The molecule has 0 aliphatic rings. The monoisotopic (exact) mass is 386 g/mol. The summed E-state index contributed by atoms with van der Waals surface area (Å²) < 4.78 is 1.15. The van der Waals surface area contributed by atoms with Crippen LogP contribution in [0.3, 0.4) is 0 Å². The molecule has 0 heterocycles. The van der Waals surface area contributed by atoms with Gasteiger partial charge in [-0.3, -0.25) is 5.84 Å². The Morgan fingerprint density at radius 3 is 2.74 bits per heavy atom. The van der Waals surface area contributed by atoms with Crippen LogP contribution in [0.1, 0.15) is 29.7 Å². The second kappa shape index (κ2) is 6.70. The number of benzene rings is 2. The summed E-state index contributed by atoms with van der Waals surface area (Å²) >= 11 is 8.40. The van der Waals surface area contributed by atoms with Crippen LogP contribution in [0.4, 0.5) is 0 Å². The molecule has 2 aromatic rings. The Kier molecular flexibility index (Phi) is 5.21. The highest BCUT2D eigenvalue weighted by Gasteiger charge is 2.16. The number of hydrogen-bond donors (Lipinski definition) is 2. The predicted octanol–water partition coefficient (Wildman–Crippen LogP) is 4.06. The first kappa shape index (κ1) is 14.8. The van der Waals surface area contributed by atoms with Crippen LogP contribution in [0, 0.1) is 3.57 Å². The maximum atomic E-state index is 6.09. The van der Waals surface area contributed by atoms with Gasteiger partial charge in [0.05, 0.1) is 6.04 Å². The van der Waals surface area contributed by atoms with Gasteiger partial charge in [0.1, 0.15) is 0 Å². The molecule has 0 aliphatic heterocycles. The molecule has 1 atom stereocenters. The smallest absolute Gasteiger partial charge is 0.0720 e. The summed E-state index contributed by atoms with van der Waals surface area (Å²) in [5.41, 5.74) is 6.45. The van der Waals surface area contributed by atoms with Gasteiger partial charge in [-0.1, -0.05) is 42.8 Å². The summed E-state index contributed by atoms with van der Waals surface area (Å²) in [4.78, 5) is 0. The van der Waals surface area contributed by atoms with Gasteiger partial charge in [0.2, 0.25) is 0 Å².